The summed E-state index contributed by atoms with van der Waals surface area (Å²) < 4.78 is 16.4. The second-order valence-corrected chi connectivity index (χ2v) is 14.4. The van der Waals surface area contributed by atoms with E-state index < -0.39 is 20.1 Å². The van der Waals surface area contributed by atoms with Crippen LogP contribution in [0.5, 0.6) is 11.5 Å². The minimum Gasteiger partial charge on any atom is -0.494 e. The number of allylic oxidation sites excluding steroid dienone is 1. The molecular weight excluding hydrogens is 458 g/mol. The van der Waals surface area contributed by atoms with Crippen LogP contribution in [0.3, 0.4) is 0 Å². The number of fused-ring (bicyclic) bond motifs is 1. The Labute approximate surface area is 199 Å². The van der Waals surface area contributed by atoms with Gasteiger partial charge in [0.15, 0.2) is 0 Å². The second-order valence-electron chi connectivity index (χ2n) is 9.18. The minimum absolute atomic E-state index is 0.293. The predicted molar refractivity (Wildman–Crippen MR) is 132 cm³/mol. The zero-order valence-corrected chi connectivity index (χ0v) is 21.3. The van der Waals surface area contributed by atoms with Crippen molar-refractivity contribution in [3.05, 3.63) is 57.8 Å². The van der Waals surface area contributed by atoms with Crippen LogP contribution in [-0.2, 0) is 27.2 Å². The lowest BCUT2D eigenvalue weighted by Crippen LogP contribution is -2.38. The fraction of sp³-hybridized carbons (Fsp3) is 0.360. The maximum absolute atomic E-state index is 12.9. The number of hydrogen-bond donors (Lipinski definition) is 1. The highest BCUT2D eigenvalue weighted by molar-refractivity contribution is 6.91. The second kappa shape index (κ2) is 8.87. The highest BCUT2D eigenvalue weighted by Gasteiger charge is 2.36. The molecule has 0 aromatic heterocycles. The van der Waals surface area contributed by atoms with E-state index in [-0.39, 0.29) is 5.78 Å². The SMILES string of the molecule is COc1cc(Cl)cc(OC)c1NC(=O)C1OC(Cc2cc3c(cc2C)CC[Si]3(C)C)=CC1=O. The summed E-state index contributed by atoms with van der Waals surface area (Å²) in [6.07, 6.45) is 1.79. The lowest BCUT2D eigenvalue weighted by atomic mass is 10.0. The number of methoxy groups -OCH3 is 2. The molecule has 0 aliphatic carbocycles. The minimum atomic E-state index is -1.41. The number of amides is 1. The summed E-state index contributed by atoms with van der Waals surface area (Å²) in [7, 11) is 1.51. The number of nitrogens with one attached hydrogen (secondary N) is 1. The van der Waals surface area contributed by atoms with Gasteiger partial charge in [0.2, 0.25) is 11.9 Å². The maximum Gasteiger partial charge on any atom is 0.273 e. The molecule has 174 valence electrons. The molecule has 2 aliphatic heterocycles. The number of carbonyl (C=O) groups excluding carboxylic acids is 2. The molecule has 2 aliphatic rings. The molecule has 0 saturated carbocycles. The highest BCUT2D eigenvalue weighted by atomic mass is 35.5. The number of rotatable bonds is 6. The Bertz CT molecular complexity index is 1150. The summed E-state index contributed by atoms with van der Waals surface area (Å²) >= 11 is 6.07. The van der Waals surface area contributed by atoms with E-state index in [4.69, 9.17) is 25.8 Å². The molecule has 4 rings (SSSR count). The molecule has 6 nitrogen and oxygen atoms in total. The van der Waals surface area contributed by atoms with Crippen LogP contribution in [0.25, 0.3) is 0 Å². The van der Waals surface area contributed by atoms with Crippen LogP contribution in [0.1, 0.15) is 16.7 Å². The van der Waals surface area contributed by atoms with E-state index in [0.29, 0.717) is 34.4 Å². The molecule has 2 aromatic rings. The Morgan fingerprint density at radius 1 is 1.18 bits per heavy atom. The van der Waals surface area contributed by atoms with Gasteiger partial charge in [0.05, 0.1) is 22.3 Å². The van der Waals surface area contributed by atoms with Crippen molar-refractivity contribution in [3.8, 4) is 11.5 Å². The molecule has 0 fully saturated rings. The smallest absolute Gasteiger partial charge is 0.273 e. The Morgan fingerprint density at radius 2 is 1.85 bits per heavy atom. The lowest BCUT2D eigenvalue weighted by molar-refractivity contribution is -0.132. The molecule has 2 heterocycles. The van der Waals surface area contributed by atoms with Gasteiger partial charge < -0.3 is 19.5 Å². The molecule has 2 aromatic carbocycles. The molecule has 1 N–H and O–H groups in total. The molecule has 0 saturated heterocycles. The maximum atomic E-state index is 12.9. The number of hydrogen-bond acceptors (Lipinski definition) is 5. The summed E-state index contributed by atoms with van der Waals surface area (Å²) in [6, 6.07) is 8.94. The zero-order valence-electron chi connectivity index (χ0n) is 19.5. The Kier molecular flexibility index (Phi) is 6.29. The third-order valence-electron chi connectivity index (χ3n) is 6.46. The van der Waals surface area contributed by atoms with Gasteiger partial charge in [-0.05, 0) is 36.1 Å². The first-order chi connectivity index (χ1) is 15.6. The van der Waals surface area contributed by atoms with Crippen LogP contribution in [0.4, 0.5) is 5.69 Å². The third kappa shape index (κ3) is 4.52. The first-order valence-electron chi connectivity index (χ1n) is 10.9. The van der Waals surface area contributed by atoms with Gasteiger partial charge >= 0.3 is 0 Å². The van der Waals surface area contributed by atoms with Crippen LogP contribution < -0.4 is 20.0 Å². The Hall–Kier alpha value is -2.77. The lowest BCUT2D eigenvalue weighted by Gasteiger charge is -2.19. The number of aryl methyl sites for hydroxylation is 2. The van der Waals surface area contributed by atoms with E-state index in [2.05, 4.69) is 37.5 Å². The van der Waals surface area contributed by atoms with Crippen molar-refractivity contribution in [2.75, 3.05) is 19.5 Å². The van der Waals surface area contributed by atoms with Crippen molar-refractivity contribution < 1.29 is 23.8 Å². The van der Waals surface area contributed by atoms with Gasteiger partial charge in [-0.25, -0.2) is 0 Å². The topological polar surface area (TPSA) is 73.9 Å². The number of benzene rings is 2. The summed E-state index contributed by atoms with van der Waals surface area (Å²) in [6.45, 7) is 6.88. The molecule has 8 heteroatoms. The number of carbonyl (C=O) groups is 2. The van der Waals surface area contributed by atoms with Crippen molar-refractivity contribution in [2.45, 2.75) is 45.0 Å². The monoisotopic (exact) mass is 485 g/mol. The molecule has 0 bridgehead atoms. The largest absolute Gasteiger partial charge is 0.494 e. The van der Waals surface area contributed by atoms with Crippen LogP contribution in [0, 0.1) is 6.92 Å². The molecule has 0 spiro atoms. The number of halogens is 1. The summed E-state index contributed by atoms with van der Waals surface area (Å²) in [4.78, 5) is 25.5. The fourth-order valence-corrected chi connectivity index (χ4v) is 7.55. The van der Waals surface area contributed by atoms with Crippen molar-refractivity contribution >= 4 is 42.2 Å². The van der Waals surface area contributed by atoms with Gasteiger partial charge in [-0.2, -0.15) is 0 Å². The van der Waals surface area contributed by atoms with Crippen LogP contribution in [0.2, 0.25) is 24.2 Å². The van der Waals surface area contributed by atoms with E-state index in [0.717, 1.165) is 12.0 Å². The van der Waals surface area contributed by atoms with Crippen LogP contribution in [0.15, 0.2) is 36.1 Å². The fourth-order valence-electron chi connectivity index (χ4n) is 4.55. The molecule has 0 radical (unpaired) electrons. The molecule has 1 unspecified atom stereocenters. The van der Waals surface area contributed by atoms with Crippen LogP contribution in [-0.4, -0.2) is 40.1 Å². The number of ketones is 1. The van der Waals surface area contributed by atoms with Gasteiger partial charge in [0.25, 0.3) is 5.91 Å². The zero-order chi connectivity index (χ0) is 23.9. The Balaban J connectivity index is 1.51. The van der Waals surface area contributed by atoms with Crippen molar-refractivity contribution in [1.82, 2.24) is 0 Å². The predicted octanol–water partition coefficient (Wildman–Crippen LogP) is 4.17. The average Bonchev–Trinajstić information content (AvgIpc) is 3.27. The summed E-state index contributed by atoms with van der Waals surface area (Å²) in [5, 5.41) is 4.59. The van der Waals surface area contributed by atoms with Crippen molar-refractivity contribution in [3.63, 3.8) is 0 Å². The normalized spacial score (nSPS) is 18.4. The van der Waals surface area contributed by atoms with Crippen molar-refractivity contribution in [1.29, 1.82) is 0 Å². The summed E-state index contributed by atoms with van der Waals surface area (Å²) in [5.74, 6) is 0.168. The van der Waals surface area contributed by atoms with Gasteiger partial charge in [0.1, 0.15) is 22.9 Å². The Morgan fingerprint density at radius 3 is 2.48 bits per heavy atom. The first-order valence-corrected chi connectivity index (χ1v) is 14.5. The first kappa shape index (κ1) is 23.4. The quantitative estimate of drug-likeness (QED) is 0.491. The van der Waals surface area contributed by atoms with E-state index in [1.165, 1.54) is 42.7 Å². The van der Waals surface area contributed by atoms with Gasteiger partial charge in [-0.3, -0.25) is 9.59 Å². The number of ether oxygens (including phenoxy) is 3. The van der Waals surface area contributed by atoms with E-state index in [1.807, 2.05) is 0 Å². The molecular formula is C25H28ClNO5Si. The van der Waals surface area contributed by atoms with E-state index in [1.54, 1.807) is 12.1 Å². The van der Waals surface area contributed by atoms with Crippen LogP contribution >= 0.6 is 11.6 Å². The highest BCUT2D eigenvalue weighted by Crippen LogP contribution is 2.38. The van der Waals surface area contributed by atoms with Gasteiger partial charge in [0, 0.05) is 29.7 Å². The summed E-state index contributed by atoms with van der Waals surface area (Å²) in [5.41, 5.74) is 4.06. The number of anilines is 1. The molecule has 1 amide bonds. The van der Waals surface area contributed by atoms with Crippen molar-refractivity contribution in [2.24, 2.45) is 0 Å². The molecule has 33 heavy (non-hydrogen) atoms. The average molecular weight is 486 g/mol. The van der Waals surface area contributed by atoms with E-state index >= 15 is 0 Å². The molecule has 1 atom stereocenters. The standard InChI is InChI=1S/C25H28ClNO5Si/c1-14-8-15-6-7-33(4,5)22(15)10-16(14)9-18-13-19(28)24(32-18)25(29)27-23-20(30-2)11-17(26)12-21(23)31-3/h8,10-13,24H,6-7,9H2,1-5H3,(H,27,29). The van der Waals surface area contributed by atoms with E-state index in [9.17, 15) is 9.59 Å². The third-order valence-corrected chi connectivity index (χ3v) is 10.1. The van der Waals surface area contributed by atoms with Gasteiger partial charge in [-0.1, -0.05) is 42.0 Å². The van der Waals surface area contributed by atoms with Gasteiger partial charge in [-0.15, -0.1) is 0 Å².